The molecule has 0 aliphatic heterocycles. The first kappa shape index (κ1) is 15.7. The van der Waals surface area contributed by atoms with E-state index in [1.807, 2.05) is 0 Å². The minimum atomic E-state index is -1.04. The molecule has 0 aromatic carbocycles. The van der Waals surface area contributed by atoms with Gasteiger partial charge in [0.05, 0.1) is 19.8 Å². The number of methoxy groups -OCH3 is 1. The van der Waals surface area contributed by atoms with E-state index in [2.05, 4.69) is 10.6 Å². The summed E-state index contributed by atoms with van der Waals surface area (Å²) in [7, 11) is 1.58. The Balaban J connectivity index is 3.55. The van der Waals surface area contributed by atoms with Crippen molar-refractivity contribution in [1.82, 2.24) is 10.6 Å². The number of carbonyl (C=O) groups excluding carboxylic acids is 1. The monoisotopic (exact) mass is 248 g/mol. The molecule has 100 valence electrons. The van der Waals surface area contributed by atoms with E-state index in [0.717, 1.165) is 0 Å². The van der Waals surface area contributed by atoms with Gasteiger partial charge in [-0.2, -0.15) is 0 Å². The SMILES string of the molecule is CCC(NC(=O)NCCOCCOC)C(=O)O. The average Bonchev–Trinajstić information content (AvgIpc) is 2.30. The molecule has 0 rings (SSSR count). The first-order valence-corrected chi connectivity index (χ1v) is 5.45. The van der Waals surface area contributed by atoms with Crippen molar-refractivity contribution in [2.24, 2.45) is 0 Å². The van der Waals surface area contributed by atoms with Gasteiger partial charge in [0.15, 0.2) is 0 Å². The Labute approximate surface area is 100 Å². The number of carboxylic acid groups (broad SMARTS) is 1. The maximum atomic E-state index is 11.2. The number of carboxylic acids is 1. The number of urea groups is 1. The van der Waals surface area contributed by atoms with Gasteiger partial charge in [-0.25, -0.2) is 9.59 Å². The summed E-state index contributed by atoms with van der Waals surface area (Å²) in [6.45, 7) is 3.34. The van der Waals surface area contributed by atoms with Crippen LogP contribution in [0.1, 0.15) is 13.3 Å². The molecule has 7 heteroatoms. The van der Waals surface area contributed by atoms with Crippen molar-refractivity contribution < 1.29 is 24.2 Å². The van der Waals surface area contributed by atoms with Crippen molar-refractivity contribution in [3.63, 3.8) is 0 Å². The van der Waals surface area contributed by atoms with Crippen molar-refractivity contribution in [3.05, 3.63) is 0 Å². The lowest BCUT2D eigenvalue weighted by atomic mass is 10.2. The number of rotatable bonds is 9. The van der Waals surface area contributed by atoms with E-state index >= 15 is 0 Å². The molecule has 1 atom stereocenters. The van der Waals surface area contributed by atoms with Gasteiger partial charge in [-0.15, -0.1) is 0 Å². The van der Waals surface area contributed by atoms with E-state index in [1.165, 1.54) is 0 Å². The number of nitrogens with one attached hydrogen (secondary N) is 2. The fourth-order valence-electron chi connectivity index (χ4n) is 1.03. The zero-order valence-corrected chi connectivity index (χ0v) is 10.2. The normalized spacial score (nSPS) is 11.9. The zero-order chi connectivity index (χ0) is 13.1. The largest absolute Gasteiger partial charge is 0.480 e. The number of hydrogen-bond donors (Lipinski definition) is 3. The topological polar surface area (TPSA) is 96.9 Å². The minimum Gasteiger partial charge on any atom is -0.480 e. The molecule has 0 aromatic rings. The fourth-order valence-corrected chi connectivity index (χ4v) is 1.03. The molecule has 0 aromatic heterocycles. The van der Waals surface area contributed by atoms with Crippen molar-refractivity contribution in [2.45, 2.75) is 19.4 Å². The molecule has 1 unspecified atom stereocenters. The number of amides is 2. The van der Waals surface area contributed by atoms with Crippen molar-refractivity contribution >= 4 is 12.0 Å². The molecule has 0 fully saturated rings. The summed E-state index contributed by atoms with van der Waals surface area (Å²) in [6, 6.07) is -1.36. The van der Waals surface area contributed by atoms with Gasteiger partial charge in [0.25, 0.3) is 0 Å². The quantitative estimate of drug-likeness (QED) is 0.491. The average molecular weight is 248 g/mol. The van der Waals surface area contributed by atoms with Crippen LogP contribution in [0.4, 0.5) is 4.79 Å². The van der Waals surface area contributed by atoms with E-state index in [0.29, 0.717) is 32.8 Å². The van der Waals surface area contributed by atoms with Crippen LogP contribution in [0.25, 0.3) is 0 Å². The van der Waals surface area contributed by atoms with E-state index in [4.69, 9.17) is 14.6 Å². The van der Waals surface area contributed by atoms with Gasteiger partial charge in [-0.1, -0.05) is 6.92 Å². The lowest BCUT2D eigenvalue weighted by molar-refractivity contribution is -0.139. The predicted molar refractivity (Wildman–Crippen MR) is 60.9 cm³/mol. The molecule has 17 heavy (non-hydrogen) atoms. The maximum absolute atomic E-state index is 11.2. The van der Waals surface area contributed by atoms with Gasteiger partial charge in [-0.3, -0.25) is 0 Å². The summed E-state index contributed by atoms with van der Waals surface area (Å²) < 4.78 is 9.89. The summed E-state index contributed by atoms with van der Waals surface area (Å²) in [5, 5.41) is 13.5. The fraction of sp³-hybridized carbons (Fsp3) is 0.800. The van der Waals surface area contributed by atoms with Gasteiger partial charge in [0, 0.05) is 13.7 Å². The highest BCUT2D eigenvalue weighted by Crippen LogP contribution is 1.89. The molecule has 0 radical (unpaired) electrons. The molecule has 0 aliphatic rings. The Kier molecular flexibility index (Phi) is 9.08. The zero-order valence-electron chi connectivity index (χ0n) is 10.2. The van der Waals surface area contributed by atoms with Crippen molar-refractivity contribution in [2.75, 3.05) is 33.5 Å². The second-order valence-electron chi connectivity index (χ2n) is 3.30. The predicted octanol–water partition coefficient (Wildman–Crippen LogP) is -0.188. The highest BCUT2D eigenvalue weighted by molar-refractivity contribution is 5.82. The Hall–Kier alpha value is -1.34. The summed E-state index contributed by atoms with van der Waals surface area (Å²) in [5.41, 5.74) is 0. The number of aliphatic carboxylic acids is 1. The van der Waals surface area contributed by atoms with Crippen LogP contribution in [0.15, 0.2) is 0 Å². The summed E-state index contributed by atoms with van der Waals surface area (Å²) in [4.78, 5) is 21.9. The van der Waals surface area contributed by atoms with Crippen molar-refractivity contribution in [3.8, 4) is 0 Å². The third-order valence-electron chi connectivity index (χ3n) is 1.98. The lowest BCUT2D eigenvalue weighted by Crippen LogP contribution is -2.46. The molecule has 0 heterocycles. The molecule has 0 saturated carbocycles. The van der Waals surface area contributed by atoms with E-state index < -0.39 is 18.0 Å². The summed E-state index contributed by atoms with van der Waals surface area (Å²) in [5.74, 6) is -1.04. The molecular formula is C10H20N2O5. The van der Waals surface area contributed by atoms with Crippen LogP contribution in [0.5, 0.6) is 0 Å². The second-order valence-corrected chi connectivity index (χ2v) is 3.30. The third-order valence-corrected chi connectivity index (χ3v) is 1.98. The molecule has 0 bridgehead atoms. The van der Waals surface area contributed by atoms with Crippen LogP contribution in [0, 0.1) is 0 Å². The third kappa shape index (κ3) is 8.47. The smallest absolute Gasteiger partial charge is 0.326 e. The first-order valence-electron chi connectivity index (χ1n) is 5.45. The summed E-state index contributed by atoms with van der Waals surface area (Å²) >= 11 is 0. The number of carbonyl (C=O) groups is 2. The van der Waals surface area contributed by atoms with Crippen LogP contribution >= 0.6 is 0 Å². The lowest BCUT2D eigenvalue weighted by Gasteiger charge is -2.13. The van der Waals surface area contributed by atoms with Crippen LogP contribution < -0.4 is 10.6 Å². The van der Waals surface area contributed by atoms with Gasteiger partial charge >= 0.3 is 12.0 Å². The number of hydrogen-bond acceptors (Lipinski definition) is 4. The maximum Gasteiger partial charge on any atom is 0.326 e. The number of ether oxygens (including phenoxy) is 2. The minimum absolute atomic E-state index is 0.325. The Morgan fingerprint density at radius 2 is 2.00 bits per heavy atom. The van der Waals surface area contributed by atoms with E-state index in [-0.39, 0.29) is 0 Å². The van der Waals surface area contributed by atoms with Gasteiger partial charge in [0.1, 0.15) is 6.04 Å². The standard InChI is InChI=1S/C10H20N2O5/c1-3-8(9(13)14)12-10(15)11-4-5-17-7-6-16-2/h8H,3-7H2,1-2H3,(H,13,14)(H2,11,12,15). The molecule has 7 nitrogen and oxygen atoms in total. The Morgan fingerprint density at radius 1 is 1.29 bits per heavy atom. The second kappa shape index (κ2) is 9.86. The van der Waals surface area contributed by atoms with Gasteiger partial charge < -0.3 is 25.2 Å². The molecular weight excluding hydrogens is 228 g/mol. The molecule has 3 N–H and O–H groups in total. The molecule has 0 spiro atoms. The van der Waals surface area contributed by atoms with Crippen LogP contribution in [-0.2, 0) is 14.3 Å². The summed E-state index contributed by atoms with van der Waals surface area (Å²) in [6.07, 6.45) is 0.340. The first-order chi connectivity index (χ1) is 8.11. The van der Waals surface area contributed by atoms with Crippen molar-refractivity contribution in [1.29, 1.82) is 0 Å². The highest BCUT2D eigenvalue weighted by atomic mass is 16.5. The van der Waals surface area contributed by atoms with Crippen LogP contribution in [-0.4, -0.2) is 56.6 Å². The van der Waals surface area contributed by atoms with Crippen LogP contribution in [0.3, 0.4) is 0 Å². The van der Waals surface area contributed by atoms with Gasteiger partial charge in [-0.05, 0) is 6.42 Å². The van der Waals surface area contributed by atoms with E-state index in [1.54, 1.807) is 14.0 Å². The Morgan fingerprint density at radius 3 is 2.53 bits per heavy atom. The van der Waals surface area contributed by atoms with Crippen LogP contribution in [0.2, 0.25) is 0 Å². The Bertz CT molecular complexity index is 235. The molecule has 0 aliphatic carbocycles. The van der Waals surface area contributed by atoms with E-state index in [9.17, 15) is 9.59 Å². The highest BCUT2D eigenvalue weighted by Gasteiger charge is 2.16. The van der Waals surface area contributed by atoms with Gasteiger partial charge in [0.2, 0.25) is 0 Å². The molecule has 0 saturated heterocycles. The molecule has 2 amide bonds.